The molecule has 0 atom stereocenters. The number of hydrogen-bond acceptors (Lipinski definition) is 4. The first kappa shape index (κ1) is 20.7. The third kappa shape index (κ3) is 5.06. The Hall–Kier alpha value is -3.05. The summed E-state index contributed by atoms with van der Waals surface area (Å²) in [5.74, 6) is 1.94. The summed E-state index contributed by atoms with van der Waals surface area (Å²) >= 11 is 3.53. The lowest BCUT2D eigenvalue weighted by Gasteiger charge is -2.18. The zero-order chi connectivity index (χ0) is 20.6. The second-order valence-corrected chi connectivity index (χ2v) is 7.12. The first-order valence-electron chi connectivity index (χ1n) is 9.00. The lowest BCUT2D eigenvalue weighted by molar-refractivity contribution is -0.104. The molecule has 0 aromatic heterocycles. The Labute approximate surface area is 178 Å². The molecule has 0 N–H and O–H groups in total. The van der Waals surface area contributed by atoms with Gasteiger partial charge in [-0.15, -0.1) is 0 Å². The van der Waals surface area contributed by atoms with E-state index in [1.165, 1.54) is 6.08 Å². The molecular formula is C24H21BrO4. The first-order chi connectivity index (χ1) is 14.2. The van der Waals surface area contributed by atoms with Crippen molar-refractivity contribution in [1.82, 2.24) is 0 Å². The van der Waals surface area contributed by atoms with Crippen LogP contribution in [0.1, 0.15) is 16.7 Å². The highest BCUT2D eigenvalue weighted by atomic mass is 79.9. The van der Waals surface area contributed by atoms with Gasteiger partial charge in [0.1, 0.15) is 18.6 Å². The Balaban J connectivity index is 2.03. The number of aldehydes is 1. The molecule has 0 saturated heterocycles. The average Bonchev–Trinajstić information content (AvgIpc) is 2.77. The van der Waals surface area contributed by atoms with E-state index < -0.39 is 0 Å². The van der Waals surface area contributed by atoms with Crippen LogP contribution in [0.3, 0.4) is 0 Å². The zero-order valence-electron chi connectivity index (χ0n) is 16.2. The second kappa shape index (κ2) is 9.94. The van der Waals surface area contributed by atoms with Gasteiger partial charge in [-0.2, -0.15) is 0 Å². The van der Waals surface area contributed by atoms with Crippen LogP contribution in [0.2, 0.25) is 0 Å². The lowest BCUT2D eigenvalue weighted by atomic mass is 9.96. The van der Waals surface area contributed by atoms with Crippen LogP contribution >= 0.6 is 15.9 Å². The van der Waals surface area contributed by atoms with E-state index in [0.717, 1.165) is 38.8 Å². The largest absolute Gasteiger partial charge is 0.497 e. The standard InChI is InChI=1S/C24H21BrO4/c1-27-20-10-8-17(9-11-20)16-29-24-22(14-19(25)15-23(24)28-2)21(12-13-26)18-6-4-3-5-7-18/h3-15H,16H2,1-2H3/b21-12+. The highest BCUT2D eigenvalue weighted by Gasteiger charge is 2.18. The van der Waals surface area contributed by atoms with Gasteiger partial charge in [0.15, 0.2) is 11.5 Å². The van der Waals surface area contributed by atoms with E-state index in [9.17, 15) is 4.79 Å². The number of hydrogen-bond donors (Lipinski definition) is 0. The molecule has 3 rings (SSSR count). The molecule has 0 fully saturated rings. The van der Waals surface area contributed by atoms with Crippen molar-refractivity contribution in [3.63, 3.8) is 0 Å². The van der Waals surface area contributed by atoms with Crippen LogP contribution < -0.4 is 14.2 Å². The van der Waals surface area contributed by atoms with Gasteiger partial charge in [-0.25, -0.2) is 0 Å². The van der Waals surface area contributed by atoms with Gasteiger partial charge in [0.25, 0.3) is 0 Å². The number of ether oxygens (including phenoxy) is 3. The van der Waals surface area contributed by atoms with Crippen molar-refractivity contribution >= 4 is 27.8 Å². The number of rotatable bonds is 8. The predicted octanol–water partition coefficient (Wildman–Crippen LogP) is 5.68. The van der Waals surface area contributed by atoms with Gasteiger partial charge in [-0.1, -0.05) is 58.4 Å². The third-order valence-corrected chi connectivity index (χ3v) is 4.85. The maximum absolute atomic E-state index is 11.4. The molecule has 0 aliphatic carbocycles. The number of methoxy groups -OCH3 is 2. The maximum Gasteiger partial charge on any atom is 0.169 e. The molecule has 0 heterocycles. The van der Waals surface area contributed by atoms with Gasteiger partial charge in [-0.05, 0) is 47.0 Å². The van der Waals surface area contributed by atoms with E-state index in [1.54, 1.807) is 14.2 Å². The Morgan fingerprint density at radius 3 is 2.31 bits per heavy atom. The van der Waals surface area contributed by atoms with Crippen LogP contribution in [-0.2, 0) is 11.4 Å². The number of carbonyl (C=O) groups is 1. The van der Waals surface area contributed by atoms with Gasteiger partial charge in [0.05, 0.1) is 14.2 Å². The third-order valence-electron chi connectivity index (χ3n) is 4.39. The van der Waals surface area contributed by atoms with Crippen LogP contribution in [0.4, 0.5) is 0 Å². The van der Waals surface area contributed by atoms with Crippen LogP contribution in [0.15, 0.2) is 77.3 Å². The molecule has 0 saturated carbocycles. The Kier molecular flexibility index (Phi) is 7.09. The van der Waals surface area contributed by atoms with Crippen molar-refractivity contribution in [2.24, 2.45) is 0 Å². The summed E-state index contributed by atoms with van der Waals surface area (Å²) in [6, 6.07) is 21.1. The summed E-state index contributed by atoms with van der Waals surface area (Å²) < 4.78 is 17.8. The molecule has 29 heavy (non-hydrogen) atoms. The van der Waals surface area contributed by atoms with Gasteiger partial charge in [0, 0.05) is 10.0 Å². The SMILES string of the molecule is COc1ccc(COc2c(OC)cc(Br)cc2/C(=C/C=O)c2ccccc2)cc1. The summed E-state index contributed by atoms with van der Waals surface area (Å²) in [4.78, 5) is 11.4. The number of allylic oxidation sites excluding steroid dienone is 1. The van der Waals surface area contributed by atoms with Gasteiger partial charge >= 0.3 is 0 Å². The van der Waals surface area contributed by atoms with E-state index in [2.05, 4.69) is 15.9 Å². The molecule has 148 valence electrons. The van der Waals surface area contributed by atoms with E-state index in [1.807, 2.05) is 66.7 Å². The summed E-state index contributed by atoms with van der Waals surface area (Å²) in [6.45, 7) is 0.345. The Morgan fingerprint density at radius 1 is 0.966 bits per heavy atom. The fraction of sp³-hybridized carbons (Fsp3) is 0.125. The van der Waals surface area contributed by atoms with Crippen LogP contribution in [0, 0.1) is 0 Å². The van der Waals surface area contributed by atoms with Crippen LogP contribution in [-0.4, -0.2) is 20.5 Å². The van der Waals surface area contributed by atoms with Crippen molar-refractivity contribution < 1.29 is 19.0 Å². The molecule has 5 heteroatoms. The molecule has 0 spiro atoms. The Morgan fingerprint density at radius 2 is 1.69 bits per heavy atom. The molecular weight excluding hydrogens is 432 g/mol. The molecule has 3 aromatic carbocycles. The maximum atomic E-state index is 11.4. The van der Waals surface area contributed by atoms with E-state index in [-0.39, 0.29) is 0 Å². The van der Waals surface area contributed by atoms with Crippen molar-refractivity contribution in [2.45, 2.75) is 6.61 Å². The van der Waals surface area contributed by atoms with Crippen molar-refractivity contribution in [3.8, 4) is 17.2 Å². The van der Waals surface area contributed by atoms with E-state index >= 15 is 0 Å². The molecule has 0 unspecified atom stereocenters. The summed E-state index contributed by atoms with van der Waals surface area (Å²) in [7, 11) is 3.23. The minimum atomic E-state index is 0.345. The van der Waals surface area contributed by atoms with Gasteiger partial charge in [-0.3, -0.25) is 4.79 Å². The highest BCUT2D eigenvalue weighted by Crippen LogP contribution is 2.41. The van der Waals surface area contributed by atoms with E-state index in [4.69, 9.17) is 14.2 Å². The summed E-state index contributed by atoms with van der Waals surface area (Å²) in [6.07, 6.45) is 2.32. The van der Waals surface area contributed by atoms with Crippen molar-refractivity contribution in [3.05, 3.63) is 94.0 Å². The van der Waals surface area contributed by atoms with Crippen LogP contribution in [0.5, 0.6) is 17.2 Å². The van der Waals surface area contributed by atoms with Crippen molar-refractivity contribution in [2.75, 3.05) is 14.2 Å². The quantitative estimate of drug-likeness (QED) is 0.326. The molecule has 0 aliphatic rings. The minimum absolute atomic E-state index is 0.345. The van der Waals surface area contributed by atoms with Crippen LogP contribution in [0.25, 0.3) is 5.57 Å². The fourth-order valence-corrected chi connectivity index (χ4v) is 3.41. The molecule has 0 aliphatic heterocycles. The average molecular weight is 453 g/mol. The van der Waals surface area contributed by atoms with Crippen molar-refractivity contribution in [1.29, 1.82) is 0 Å². The highest BCUT2D eigenvalue weighted by molar-refractivity contribution is 9.10. The molecule has 4 nitrogen and oxygen atoms in total. The monoisotopic (exact) mass is 452 g/mol. The fourth-order valence-electron chi connectivity index (χ4n) is 2.97. The number of carbonyl (C=O) groups excluding carboxylic acids is 1. The number of halogens is 1. The predicted molar refractivity (Wildman–Crippen MR) is 118 cm³/mol. The topological polar surface area (TPSA) is 44.8 Å². The minimum Gasteiger partial charge on any atom is -0.497 e. The summed E-state index contributed by atoms with van der Waals surface area (Å²) in [5, 5.41) is 0. The van der Waals surface area contributed by atoms with Gasteiger partial charge in [0.2, 0.25) is 0 Å². The van der Waals surface area contributed by atoms with E-state index in [0.29, 0.717) is 18.1 Å². The lowest BCUT2D eigenvalue weighted by Crippen LogP contribution is -2.02. The molecule has 3 aromatic rings. The Bertz CT molecular complexity index is 995. The number of benzene rings is 3. The molecule has 0 bridgehead atoms. The zero-order valence-corrected chi connectivity index (χ0v) is 17.8. The second-order valence-electron chi connectivity index (χ2n) is 6.20. The normalized spacial score (nSPS) is 11.1. The molecule has 0 radical (unpaired) electrons. The first-order valence-corrected chi connectivity index (χ1v) is 9.80. The summed E-state index contributed by atoms with van der Waals surface area (Å²) in [5.41, 5.74) is 3.42. The molecule has 0 amide bonds. The smallest absolute Gasteiger partial charge is 0.169 e. The van der Waals surface area contributed by atoms with Gasteiger partial charge < -0.3 is 14.2 Å².